The molecule has 1 N–H and O–H groups in total. The number of benzene rings is 2. The summed E-state index contributed by atoms with van der Waals surface area (Å²) < 4.78 is 11.0. The second kappa shape index (κ2) is 9.91. The van der Waals surface area contributed by atoms with Gasteiger partial charge in [-0.1, -0.05) is 12.1 Å². The summed E-state index contributed by atoms with van der Waals surface area (Å²) in [6.45, 7) is 5.29. The molecule has 160 valence electrons. The number of aldehydes is 1. The predicted molar refractivity (Wildman–Crippen MR) is 114 cm³/mol. The molecule has 0 spiro atoms. The third-order valence-corrected chi connectivity index (χ3v) is 4.04. The van der Waals surface area contributed by atoms with Gasteiger partial charge in [-0.3, -0.25) is 9.59 Å². The van der Waals surface area contributed by atoms with Crippen molar-refractivity contribution in [2.75, 3.05) is 14.1 Å². The number of ether oxygens (including phenoxy) is 2. The monoisotopic (exact) mass is 412 g/mol. The molecule has 2 amide bonds. The molecule has 1 atom stereocenters. The Balaban J connectivity index is 2.06. The van der Waals surface area contributed by atoms with Gasteiger partial charge in [-0.25, -0.2) is 4.79 Å². The summed E-state index contributed by atoms with van der Waals surface area (Å²) >= 11 is 0. The Morgan fingerprint density at radius 1 is 1.00 bits per heavy atom. The molecule has 2 aromatic carbocycles. The van der Waals surface area contributed by atoms with Gasteiger partial charge in [-0.15, -0.1) is 0 Å². The fraction of sp³-hybridized carbons (Fsp3) is 0.348. The molecule has 0 aliphatic carbocycles. The zero-order chi connectivity index (χ0) is 22.3. The van der Waals surface area contributed by atoms with E-state index in [9.17, 15) is 14.4 Å². The van der Waals surface area contributed by atoms with Gasteiger partial charge in [0.25, 0.3) is 0 Å². The first-order valence-electron chi connectivity index (χ1n) is 9.60. The SMILES string of the molecule is CN(C)C(=O)[C@H](Cc1ccc(Oc2ccc(C=O)cc2)cc1)NC(=O)OC(C)(C)C. The number of likely N-dealkylation sites (N-methyl/N-ethyl adjacent to an activating group) is 1. The lowest BCUT2D eigenvalue weighted by molar-refractivity contribution is -0.130. The smallest absolute Gasteiger partial charge is 0.408 e. The van der Waals surface area contributed by atoms with Crippen LogP contribution in [0.4, 0.5) is 4.79 Å². The van der Waals surface area contributed by atoms with Crippen LogP contribution in [0, 0.1) is 0 Å². The van der Waals surface area contributed by atoms with Crippen LogP contribution < -0.4 is 10.1 Å². The number of hydrogen-bond donors (Lipinski definition) is 1. The quantitative estimate of drug-likeness (QED) is 0.699. The number of rotatable bonds is 7. The van der Waals surface area contributed by atoms with Gasteiger partial charge in [0, 0.05) is 26.1 Å². The van der Waals surface area contributed by atoms with E-state index in [1.54, 1.807) is 71.3 Å². The minimum Gasteiger partial charge on any atom is -0.457 e. The molecule has 2 rings (SSSR count). The minimum absolute atomic E-state index is 0.226. The van der Waals surface area contributed by atoms with Crippen LogP contribution in [0.5, 0.6) is 11.5 Å². The van der Waals surface area contributed by atoms with E-state index in [-0.39, 0.29) is 5.91 Å². The second-order valence-corrected chi connectivity index (χ2v) is 8.07. The average Bonchev–Trinajstić information content (AvgIpc) is 2.67. The Kier molecular flexibility index (Phi) is 7.58. The molecule has 30 heavy (non-hydrogen) atoms. The normalized spacial score (nSPS) is 11.9. The molecule has 0 fully saturated rings. The maximum absolute atomic E-state index is 12.5. The molecule has 0 saturated heterocycles. The molecule has 0 aromatic heterocycles. The second-order valence-electron chi connectivity index (χ2n) is 8.07. The number of nitrogens with one attached hydrogen (secondary N) is 1. The van der Waals surface area contributed by atoms with Crippen LogP contribution >= 0.6 is 0 Å². The van der Waals surface area contributed by atoms with Crippen molar-refractivity contribution in [2.45, 2.75) is 38.8 Å². The minimum atomic E-state index is -0.752. The van der Waals surface area contributed by atoms with Crippen molar-refractivity contribution in [1.29, 1.82) is 0 Å². The molecule has 0 heterocycles. The lowest BCUT2D eigenvalue weighted by Gasteiger charge is -2.25. The van der Waals surface area contributed by atoms with E-state index in [4.69, 9.17) is 9.47 Å². The fourth-order valence-corrected chi connectivity index (χ4v) is 2.64. The third kappa shape index (κ3) is 7.24. The zero-order valence-electron chi connectivity index (χ0n) is 18.0. The van der Waals surface area contributed by atoms with E-state index < -0.39 is 17.7 Å². The van der Waals surface area contributed by atoms with Crippen molar-refractivity contribution in [3.8, 4) is 11.5 Å². The van der Waals surface area contributed by atoms with Crippen LogP contribution in [-0.2, 0) is 16.0 Å². The van der Waals surface area contributed by atoms with Gasteiger partial charge in [0.05, 0.1) is 0 Å². The Morgan fingerprint density at radius 3 is 2.00 bits per heavy atom. The zero-order valence-corrected chi connectivity index (χ0v) is 18.0. The third-order valence-electron chi connectivity index (χ3n) is 4.04. The lowest BCUT2D eigenvalue weighted by Crippen LogP contribution is -2.48. The first-order valence-corrected chi connectivity index (χ1v) is 9.60. The van der Waals surface area contributed by atoms with Gasteiger partial charge in [-0.2, -0.15) is 0 Å². The van der Waals surface area contributed by atoms with Gasteiger partial charge in [-0.05, 0) is 62.7 Å². The molecular weight excluding hydrogens is 384 g/mol. The Bertz CT molecular complexity index is 868. The molecule has 0 saturated carbocycles. The summed E-state index contributed by atoms with van der Waals surface area (Å²) in [6.07, 6.45) is 0.446. The number of alkyl carbamates (subject to hydrolysis) is 1. The highest BCUT2D eigenvalue weighted by Crippen LogP contribution is 2.22. The van der Waals surface area contributed by atoms with E-state index in [2.05, 4.69) is 5.32 Å². The maximum atomic E-state index is 12.5. The van der Waals surface area contributed by atoms with Gasteiger partial charge in [0.15, 0.2) is 0 Å². The topological polar surface area (TPSA) is 84.9 Å². The van der Waals surface area contributed by atoms with Crippen molar-refractivity contribution >= 4 is 18.3 Å². The van der Waals surface area contributed by atoms with Crippen molar-refractivity contribution < 1.29 is 23.9 Å². The van der Waals surface area contributed by atoms with Crippen molar-refractivity contribution in [3.63, 3.8) is 0 Å². The van der Waals surface area contributed by atoms with Crippen LogP contribution in [0.3, 0.4) is 0 Å². The summed E-state index contributed by atoms with van der Waals surface area (Å²) in [4.78, 5) is 36.8. The van der Waals surface area contributed by atoms with E-state index >= 15 is 0 Å². The van der Waals surface area contributed by atoms with Gasteiger partial charge < -0.3 is 19.7 Å². The molecule has 0 bridgehead atoms. The van der Waals surface area contributed by atoms with Crippen LogP contribution in [0.15, 0.2) is 48.5 Å². The number of carbonyl (C=O) groups excluding carboxylic acids is 3. The summed E-state index contributed by atoms with van der Waals surface area (Å²) in [5.41, 5.74) is 0.778. The summed E-state index contributed by atoms with van der Waals surface area (Å²) in [5, 5.41) is 2.66. The number of amides is 2. The molecule has 0 aliphatic heterocycles. The predicted octanol–water partition coefficient (Wildman–Crippen LogP) is 3.82. The van der Waals surface area contributed by atoms with Crippen molar-refractivity contribution in [2.24, 2.45) is 0 Å². The van der Waals surface area contributed by atoms with Crippen molar-refractivity contribution in [3.05, 3.63) is 59.7 Å². The Hall–Kier alpha value is -3.35. The Morgan fingerprint density at radius 2 is 1.53 bits per heavy atom. The highest BCUT2D eigenvalue weighted by Gasteiger charge is 2.25. The molecule has 0 radical (unpaired) electrons. The van der Waals surface area contributed by atoms with E-state index in [0.717, 1.165) is 11.8 Å². The van der Waals surface area contributed by atoms with Crippen LogP contribution in [0.1, 0.15) is 36.7 Å². The van der Waals surface area contributed by atoms with E-state index in [1.165, 1.54) is 4.90 Å². The number of nitrogens with zero attached hydrogens (tertiary/aromatic N) is 1. The van der Waals surface area contributed by atoms with Crippen molar-refractivity contribution in [1.82, 2.24) is 10.2 Å². The van der Waals surface area contributed by atoms with Crippen LogP contribution in [0.25, 0.3) is 0 Å². The van der Waals surface area contributed by atoms with Gasteiger partial charge in [0.1, 0.15) is 29.4 Å². The van der Waals surface area contributed by atoms with E-state index in [0.29, 0.717) is 23.5 Å². The highest BCUT2D eigenvalue weighted by atomic mass is 16.6. The molecule has 0 aliphatic rings. The Labute approximate surface area is 177 Å². The number of hydrogen-bond acceptors (Lipinski definition) is 5. The standard InChI is InChI=1S/C23H28N2O5/c1-23(2,3)30-22(28)24-20(21(27)25(4)5)14-16-6-10-18(11-7-16)29-19-12-8-17(15-26)9-13-19/h6-13,15,20H,14H2,1-5H3,(H,24,28)/t20-/m0/s1. The molecule has 2 aromatic rings. The van der Waals surface area contributed by atoms with Crippen LogP contribution in [-0.4, -0.2) is 48.9 Å². The molecule has 0 unspecified atom stereocenters. The summed E-state index contributed by atoms with van der Waals surface area (Å²) in [5.74, 6) is 1.00. The average molecular weight is 412 g/mol. The van der Waals surface area contributed by atoms with Gasteiger partial charge >= 0.3 is 6.09 Å². The summed E-state index contributed by atoms with van der Waals surface area (Å²) in [7, 11) is 3.28. The first-order chi connectivity index (χ1) is 14.1. The largest absolute Gasteiger partial charge is 0.457 e. The summed E-state index contributed by atoms with van der Waals surface area (Å²) in [6, 6.07) is 13.3. The fourth-order valence-electron chi connectivity index (χ4n) is 2.64. The molecule has 7 heteroatoms. The molecular formula is C23H28N2O5. The van der Waals surface area contributed by atoms with Crippen LogP contribution in [0.2, 0.25) is 0 Å². The van der Waals surface area contributed by atoms with Gasteiger partial charge in [0.2, 0.25) is 5.91 Å². The number of carbonyl (C=O) groups is 3. The highest BCUT2D eigenvalue weighted by molar-refractivity contribution is 5.85. The molecule has 7 nitrogen and oxygen atoms in total. The first kappa shape index (κ1) is 22.9. The maximum Gasteiger partial charge on any atom is 0.408 e. The lowest BCUT2D eigenvalue weighted by atomic mass is 10.0. The van der Waals surface area contributed by atoms with E-state index in [1.807, 2.05) is 12.1 Å².